The van der Waals surface area contributed by atoms with Crippen LogP contribution in [0.25, 0.3) is 5.57 Å². The van der Waals surface area contributed by atoms with Crippen LogP contribution in [0.4, 0.5) is 0 Å². The molecule has 1 aromatic rings. The van der Waals surface area contributed by atoms with Crippen LogP contribution in [-0.4, -0.2) is 29.8 Å². The Morgan fingerprint density at radius 3 is 2.67 bits per heavy atom. The van der Waals surface area contributed by atoms with E-state index in [1.54, 1.807) is 0 Å². The molecule has 1 atom stereocenters. The van der Waals surface area contributed by atoms with Crippen LogP contribution in [0, 0.1) is 0 Å². The van der Waals surface area contributed by atoms with Gasteiger partial charge in [0, 0.05) is 6.08 Å². The maximum absolute atomic E-state index is 11.8. The highest BCUT2D eigenvalue weighted by atomic mass is 35.5. The molecule has 1 fully saturated rings. The van der Waals surface area contributed by atoms with E-state index in [9.17, 15) is 14.7 Å². The summed E-state index contributed by atoms with van der Waals surface area (Å²) in [4.78, 5) is 23.1. The van der Waals surface area contributed by atoms with Gasteiger partial charge in [-0.15, -0.1) is 0 Å². The molecule has 1 aliphatic heterocycles. The number of carboxylic acids is 1. The van der Waals surface area contributed by atoms with Crippen LogP contribution in [0.1, 0.15) is 18.4 Å². The monoisotopic (exact) mass is 329 g/mol. The fourth-order valence-electron chi connectivity index (χ4n) is 1.98. The summed E-state index contributed by atoms with van der Waals surface area (Å²) in [5.41, 5.74) is 0.0878. The van der Waals surface area contributed by atoms with E-state index in [1.807, 2.05) is 0 Å². The minimum atomic E-state index is -1.25. The molecule has 1 aliphatic rings. The van der Waals surface area contributed by atoms with E-state index in [1.165, 1.54) is 18.2 Å². The number of carbonyl (C=O) groups excluding carboxylic acids is 1. The summed E-state index contributed by atoms with van der Waals surface area (Å²) in [6.07, 6.45) is 2.22. The summed E-state index contributed by atoms with van der Waals surface area (Å²) < 4.78 is 5.12. The standard InChI is InChI=1S/C14H13Cl2NO4/c15-10-4-3-8(6-11(10)16)9(14(19)20)7-13(18)21-12-2-1-5-17-12/h3-4,6-7,12,17H,1-2,5H2,(H,19,20)/b9-7-. The summed E-state index contributed by atoms with van der Waals surface area (Å²) >= 11 is 11.6. The molecule has 1 saturated heterocycles. The quantitative estimate of drug-likeness (QED) is 0.656. The number of carbonyl (C=O) groups is 2. The number of hydrogen-bond acceptors (Lipinski definition) is 4. The molecule has 0 spiro atoms. The number of benzene rings is 1. The second-order valence-corrected chi connectivity index (χ2v) is 5.33. The first-order valence-corrected chi connectivity index (χ1v) is 7.07. The van der Waals surface area contributed by atoms with Gasteiger partial charge in [0.1, 0.15) is 0 Å². The highest BCUT2D eigenvalue weighted by Crippen LogP contribution is 2.26. The van der Waals surface area contributed by atoms with Crippen LogP contribution in [0.3, 0.4) is 0 Å². The summed E-state index contributed by atoms with van der Waals surface area (Å²) in [7, 11) is 0. The van der Waals surface area contributed by atoms with Crippen molar-refractivity contribution in [2.24, 2.45) is 0 Å². The number of nitrogens with one attached hydrogen (secondary N) is 1. The average molecular weight is 330 g/mol. The van der Waals surface area contributed by atoms with Gasteiger partial charge in [-0.2, -0.15) is 0 Å². The van der Waals surface area contributed by atoms with Crippen molar-refractivity contribution in [1.82, 2.24) is 5.32 Å². The summed E-state index contributed by atoms with van der Waals surface area (Å²) in [5.74, 6) is -1.96. The van der Waals surface area contributed by atoms with E-state index < -0.39 is 11.9 Å². The van der Waals surface area contributed by atoms with Crippen LogP contribution >= 0.6 is 23.2 Å². The van der Waals surface area contributed by atoms with Crippen LogP contribution in [0.15, 0.2) is 24.3 Å². The number of hydrogen-bond donors (Lipinski definition) is 2. The molecule has 7 heteroatoms. The minimum absolute atomic E-state index is 0.198. The van der Waals surface area contributed by atoms with Crippen molar-refractivity contribution in [3.63, 3.8) is 0 Å². The first-order valence-electron chi connectivity index (χ1n) is 6.32. The molecule has 1 heterocycles. The summed E-state index contributed by atoms with van der Waals surface area (Å²) in [6, 6.07) is 4.35. The molecule has 5 nitrogen and oxygen atoms in total. The lowest BCUT2D eigenvalue weighted by molar-refractivity contribution is -0.144. The van der Waals surface area contributed by atoms with E-state index in [2.05, 4.69) is 5.32 Å². The molecule has 0 aliphatic carbocycles. The molecule has 0 amide bonds. The molecular weight excluding hydrogens is 317 g/mol. The number of carboxylic acid groups (broad SMARTS) is 1. The van der Waals surface area contributed by atoms with E-state index in [0.29, 0.717) is 5.02 Å². The topological polar surface area (TPSA) is 75.6 Å². The zero-order chi connectivity index (χ0) is 15.4. The Bertz CT molecular complexity index is 595. The van der Waals surface area contributed by atoms with Gasteiger partial charge in [-0.05, 0) is 37.1 Å². The van der Waals surface area contributed by atoms with Gasteiger partial charge in [0.2, 0.25) is 0 Å². The average Bonchev–Trinajstić information content (AvgIpc) is 2.92. The third-order valence-corrected chi connectivity index (χ3v) is 3.74. The maximum Gasteiger partial charge on any atom is 0.336 e. The number of aliphatic carboxylic acids is 1. The number of halogens is 2. The van der Waals surface area contributed by atoms with E-state index >= 15 is 0 Å². The number of ether oxygens (including phenoxy) is 1. The molecule has 0 bridgehead atoms. The molecule has 21 heavy (non-hydrogen) atoms. The molecule has 2 N–H and O–H groups in total. The number of rotatable bonds is 4. The van der Waals surface area contributed by atoms with Gasteiger partial charge >= 0.3 is 11.9 Å². The smallest absolute Gasteiger partial charge is 0.336 e. The van der Waals surface area contributed by atoms with Crippen molar-refractivity contribution < 1.29 is 19.4 Å². The van der Waals surface area contributed by atoms with Crippen molar-refractivity contribution in [2.75, 3.05) is 6.54 Å². The zero-order valence-corrected chi connectivity index (χ0v) is 12.4. The van der Waals surface area contributed by atoms with Gasteiger partial charge in [0.05, 0.1) is 15.6 Å². The first-order chi connectivity index (χ1) is 9.97. The summed E-state index contributed by atoms with van der Waals surface area (Å²) in [6.45, 7) is 0.778. The SMILES string of the molecule is O=C(/C=C(\C(=O)O)c1ccc(Cl)c(Cl)c1)OC1CCCN1. The Hall–Kier alpha value is -1.56. The van der Waals surface area contributed by atoms with Crippen molar-refractivity contribution >= 4 is 40.7 Å². The van der Waals surface area contributed by atoms with Gasteiger partial charge < -0.3 is 9.84 Å². The molecule has 1 unspecified atom stereocenters. The van der Waals surface area contributed by atoms with E-state index in [4.69, 9.17) is 27.9 Å². The molecule has 0 saturated carbocycles. The van der Waals surface area contributed by atoms with Gasteiger partial charge in [0.25, 0.3) is 0 Å². The Labute approximate surface area is 131 Å². The fraction of sp³-hybridized carbons (Fsp3) is 0.286. The molecular formula is C14H13Cl2NO4. The van der Waals surface area contributed by atoms with E-state index in [0.717, 1.165) is 25.5 Å². The lowest BCUT2D eigenvalue weighted by Gasteiger charge is -2.10. The molecule has 2 rings (SSSR count). The lowest BCUT2D eigenvalue weighted by Crippen LogP contribution is -2.27. The predicted molar refractivity (Wildman–Crippen MR) is 79.2 cm³/mol. The number of esters is 1. The zero-order valence-electron chi connectivity index (χ0n) is 10.9. The molecule has 0 aromatic heterocycles. The predicted octanol–water partition coefficient (Wildman–Crippen LogP) is 2.71. The van der Waals surface area contributed by atoms with E-state index in [-0.39, 0.29) is 22.4 Å². The summed E-state index contributed by atoms with van der Waals surface area (Å²) in [5, 5.41) is 12.7. The first kappa shape index (κ1) is 15.8. The van der Waals surface area contributed by atoms with Gasteiger partial charge in [-0.25, -0.2) is 9.59 Å². The third-order valence-electron chi connectivity index (χ3n) is 3.00. The van der Waals surface area contributed by atoms with Crippen molar-refractivity contribution in [2.45, 2.75) is 19.1 Å². The highest BCUT2D eigenvalue weighted by molar-refractivity contribution is 6.42. The molecule has 1 aromatic carbocycles. The Balaban J connectivity index is 2.20. The Morgan fingerprint density at radius 1 is 1.33 bits per heavy atom. The normalized spacial score (nSPS) is 18.6. The van der Waals surface area contributed by atoms with Crippen molar-refractivity contribution in [3.8, 4) is 0 Å². The van der Waals surface area contributed by atoms with Crippen LogP contribution in [0.5, 0.6) is 0 Å². The second kappa shape index (κ2) is 6.93. The van der Waals surface area contributed by atoms with Crippen molar-refractivity contribution in [3.05, 3.63) is 39.9 Å². The van der Waals surface area contributed by atoms with Crippen LogP contribution in [0.2, 0.25) is 10.0 Å². The third kappa shape index (κ3) is 4.20. The van der Waals surface area contributed by atoms with Gasteiger partial charge in [0.15, 0.2) is 6.23 Å². The molecule has 0 radical (unpaired) electrons. The van der Waals surface area contributed by atoms with Crippen LogP contribution < -0.4 is 5.32 Å². The largest absolute Gasteiger partial charge is 0.478 e. The highest BCUT2D eigenvalue weighted by Gasteiger charge is 2.19. The van der Waals surface area contributed by atoms with Gasteiger partial charge in [-0.1, -0.05) is 29.3 Å². The minimum Gasteiger partial charge on any atom is -0.478 e. The van der Waals surface area contributed by atoms with Crippen molar-refractivity contribution in [1.29, 1.82) is 0 Å². The molecule has 112 valence electrons. The lowest BCUT2D eigenvalue weighted by atomic mass is 10.1. The maximum atomic E-state index is 11.8. The van der Waals surface area contributed by atoms with Crippen LogP contribution in [-0.2, 0) is 14.3 Å². The van der Waals surface area contributed by atoms with Gasteiger partial charge in [-0.3, -0.25) is 5.32 Å². The fourth-order valence-corrected chi connectivity index (χ4v) is 2.28. The Kier molecular flexibility index (Phi) is 5.22. The second-order valence-electron chi connectivity index (χ2n) is 4.51. The Morgan fingerprint density at radius 2 is 2.10 bits per heavy atom.